The molecule has 1 aromatic heterocycles. The Bertz CT molecular complexity index is 655. The van der Waals surface area contributed by atoms with Gasteiger partial charge in [0.2, 0.25) is 0 Å². The smallest absolute Gasteiger partial charge is 0.182 e. The molecule has 0 aliphatic rings. The van der Waals surface area contributed by atoms with Gasteiger partial charge in [-0.25, -0.2) is 0 Å². The molecule has 3 heteroatoms. The van der Waals surface area contributed by atoms with Crippen LogP contribution in [0.2, 0.25) is 0 Å². The summed E-state index contributed by atoms with van der Waals surface area (Å²) < 4.78 is 5.53. The Hall–Kier alpha value is -2.16. The highest BCUT2D eigenvalue weighted by Crippen LogP contribution is 2.36. The first-order valence-corrected chi connectivity index (χ1v) is 4.66. The van der Waals surface area contributed by atoms with Crippen LogP contribution in [0.3, 0.4) is 0 Å². The van der Waals surface area contributed by atoms with Crippen molar-refractivity contribution in [3.05, 3.63) is 36.4 Å². The summed E-state index contributed by atoms with van der Waals surface area (Å²) in [6.45, 7) is 0. The Labute approximate surface area is 85.7 Å². The molecule has 0 bridgehead atoms. The molecule has 74 valence electrons. The van der Waals surface area contributed by atoms with Crippen LogP contribution in [0.25, 0.3) is 21.9 Å². The zero-order chi connectivity index (χ0) is 10.4. The minimum atomic E-state index is 0.0173. The number of furan rings is 1. The van der Waals surface area contributed by atoms with E-state index in [9.17, 15) is 5.11 Å². The van der Waals surface area contributed by atoms with Crippen molar-refractivity contribution in [3.8, 4) is 5.75 Å². The van der Waals surface area contributed by atoms with Crippen LogP contribution in [0, 0.1) is 0 Å². The van der Waals surface area contributed by atoms with Crippen LogP contribution < -0.4 is 5.73 Å². The predicted molar refractivity (Wildman–Crippen MR) is 59.8 cm³/mol. The number of rotatable bonds is 0. The van der Waals surface area contributed by atoms with Crippen LogP contribution in [0.5, 0.6) is 5.75 Å². The van der Waals surface area contributed by atoms with Gasteiger partial charge in [0, 0.05) is 10.8 Å². The number of nitrogen functional groups attached to an aromatic ring is 1. The van der Waals surface area contributed by atoms with Crippen LogP contribution in [-0.2, 0) is 0 Å². The second-order valence-electron chi connectivity index (χ2n) is 3.48. The van der Waals surface area contributed by atoms with Gasteiger partial charge in [0.05, 0.1) is 5.69 Å². The molecule has 0 unspecified atom stereocenters. The number of anilines is 1. The summed E-state index contributed by atoms with van der Waals surface area (Å²) >= 11 is 0. The maximum atomic E-state index is 9.74. The standard InChI is InChI=1S/C12H9NO2/c13-9-6-5-8-7-3-1-2-4-10(7)15-12(8)11(9)14/h1-6,14H,13H2. The summed E-state index contributed by atoms with van der Waals surface area (Å²) in [5.74, 6) is 0.0173. The number of fused-ring (bicyclic) bond motifs is 3. The molecule has 0 aliphatic carbocycles. The fourth-order valence-corrected chi connectivity index (χ4v) is 1.79. The first-order chi connectivity index (χ1) is 7.27. The van der Waals surface area contributed by atoms with Gasteiger partial charge < -0.3 is 15.3 Å². The van der Waals surface area contributed by atoms with Crippen LogP contribution in [0.4, 0.5) is 5.69 Å². The lowest BCUT2D eigenvalue weighted by atomic mass is 10.1. The van der Waals surface area contributed by atoms with Crippen molar-refractivity contribution in [2.24, 2.45) is 0 Å². The zero-order valence-electron chi connectivity index (χ0n) is 7.90. The van der Waals surface area contributed by atoms with E-state index in [1.165, 1.54) is 0 Å². The van der Waals surface area contributed by atoms with Crippen LogP contribution >= 0.6 is 0 Å². The highest BCUT2D eigenvalue weighted by Gasteiger charge is 2.11. The van der Waals surface area contributed by atoms with Gasteiger partial charge in [-0.2, -0.15) is 0 Å². The van der Waals surface area contributed by atoms with E-state index in [0.29, 0.717) is 11.3 Å². The lowest BCUT2D eigenvalue weighted by Crippen LogP contribution is -1.84. The van der Waals surface area contributed by atoms with E-state index < -0.39 is 0 Å². The summed E-state index contributed by atoms with van der Waals surface area (Å²) in [6.07, 6.45) is 0. The molecule has 0 saturated heterocycles. The number of hydrogen-bond acceptors (Lipinski definition) is 3. The molecule has 0 radical (unpaired) electrons. The maximum absolute atomic E-state index is 9.74. The van der Waals surface area contributed by atoms with Gasteiger partial charge in [-0.3, -0.25) is 0 Å². The summed E-state index contributed by atoms with van der Waals surface area (Å²) in [6, 6.07) is 11.2. The molecular weight excluding hydrogens is 190 g/mol. The van der Waals surface area contributed by atoms with Gasteiger partial charge in [-0.05, 0) is 18.2 Å². The number of aromatic hydroxyl groups is 1. The highest BCUT2D eigenvalue weighted by molar-refractivity contribution is 6.08. The second kappa shape index (κ2) is 2.67. The van der Waals surface area contributed by atoms with Crippen molar-refractivity contribution < 1.29 is 9.52 Å². The molecule has 0 fully saturated rings. The third-order valence-electron chi connectivity index (χ3n) is 2.55. The average molecular weight is 199 g/mol. The Morgan fingerprint density at radius 1 is 1.00 bits per heavy atom. The second-order valence-corrected chi connectivity index (χ2v) is 3.48. The van der Waals surface area contributed by atoms with Gasteiger partial charge in [0.1, 0.15) is 5.58 Å². The monoisotopic (exact) mass is 199 g/mol. The van der Waals surface area contributed by atoms with Crippen LogP contribution in [0.15, 0.2) is 40.8 Å². The normalized spacial score (nSPS) is 11.2. The molecule has 15 heavy (non-hydrogen) atoms. The fraction of sp³-hybridized carbons (Fsp3) is 0. The summed E-state index contributed by atoms with van der Waals surface area (Å²) in [5.41, 5.74) is 7.15. The molecule has 0 atom stereocenters. The molecule has 3 rings (SSSR count). The van der Waals surface area contributed by atoms with Gasteiger partial charge in [-0.1, -0.05) is 18.2 Å². The molecule has 1 heterocycles. The van der Waals surface area contributed by atoms with Crippen LogP contribution in [-0.4, -0.2) is 5.11 Å². The SMILES string of the molecule is Nc1ccc2c(oc3ccccc32)c1O. The lowest BCUT2D eigenvalue weighted by molar-refractivity contribution is 0.471. The number of hydrogen-bond donors (Lipinski definition) is 2. The van der Waals surface area contributed by atoms with Gasteiger partial charge in [0.15, 0.2) is 11.3 Å². The molecule has 0 aliphatic heterocycles. The molecule has 3 N–H and O–H groups in total. The molecule has 0 spiro atoms. The van der Waals surface area contributed by atoms with E-state index in [1.807, 2.05) is 30.3 Å². The summed E-state index contributed by atoms with van der Waals surface area (Å²) in [4.78, 5) is 0. The fourth-order valence-electron chi connectivity index (χ4n) is 1.79. The zero-order valence-corrected chi connectivity index (χ0v) is 7.90. The largest absolute Gasteiger partial charge is 0.503 e. The minimum Gasteiger partial charge on any atom is -0.503 e. The Morgan fingerprint density at radius 3 is 2.67 bits per heavy atom. The van der Waals surface area contributed by atoms with Gasteiger partial charge >= 0.3 is 0 Å². The van der Waals surface area contributed by atoms with E-state index >= 15 is 0 Å². The molecule has 3 nitrogen and oxygen atoms in total. The highest BCUT2D eigenvalue weighted by atomic mass is 16.4. The third kappa shape index (κ3) is 1.00. The lowest BCUT2D eigenvalue weighted by Gasteiger charge is -1.97. The predicted octanol–water partition coefficient (Wildman–Crippen LogP) is 2.87. The molecule has 3 aromatic rings. The number of nitrogens with two attached hydrogens (primary N) is 1. The first kappa shape index (κ1) is 8.17. The Balaban J connectivity index is 2.60. The van der Waals surface area contributed by atoms with E-state index in [0.717, 1.165) is 16.4 Å². The first-order valence-electron chi connectivity index (χ1n) is 4.66. The molecule has 0 saturated carbocycles. The van der Waals surface area contributed by atoms with E-state index in [2.05, 4.69) is 0 Å². The summed E-state index contributed by atoms with van der Waals surface area (Å²) in [7, 11) is 0. The number of phenols is 1. The quantitative estimate of drug-likeness (QED) is 0.432. The van der Waals surface area contributed by atoms with E-state index in [4.69, 9.17) is 10.2 Å². The number of phenolic OH excluding ortho intramolecular Hbond substituents is 1. The number of para-hydroxylation sites is 1. The molecular formula is C12H9NO2. The third-order valence-corrected chi connectivity index (χ3v) is 2.55. The average Bonchev–Trinajstić information content (AvgIpc) is 2.63. The minimum absolute atomic E-state index is 0.0173. The van der Waals surface area contributed by atoms with Crippen LogP contribution in [0.1, 0.15) is 0 Å². The Morgan fingerprint density at radius 2 is 1.80 bits per heavy atom. The molecule has 0 amide bonds. The van der Waals surface area contributed by atoms with Crippen molar-refractivity contribution in [2.45, 2.75) is 0 Å². The maximum Gasteiger partial charge on any atom is 0.182 e. The van der Waals surface area contributed by atoms with Crippen molar-refractivity contribution in [2.75, 3.05) is 5.73 Å². The van der Waals surface area contributed by atoms with Gasteiger partial charge in [0.25, 0.3) is 0 Å². The Kier molecular flexibility index (Phi) is 1.45. The van der Waals surface area contributed by atoms with Crippen molar-refractivity contribution in [3.63, 3.8) is 0 Å². The topological polar surface area (TPSA) is 59.4 Å². The van der Waals surface area contributed by atoms with E-state index in [-0.39, 0.29) is 5.75 Å². The summed E-state index contributed by atoms with van der Waals surface area (Å²) in [5, 5.41) is 11.6. The van der Waals surface area contributed by atoms with Crippen molar-refractivity contribution in [1.82, 2.24) is 0 Å². The van der Waals surface area contributed by atoms with Crippen molar-refractivity contribution >= 4 is 27.6 Å². The number of benzene rings is 2. The van der Waals surface area contributed by atoms with Crippen molar-refractivity contribution in [1.29, 1.82) is 0 Å². The van der Waals surface area contributed by atoms with Gasteiger partial charge in [-0.15, -0.1) is 0 Å². The van der Waals surface area contributed by atoms with E-state index in [1.54, 1.807) is 6.07 Å². The molecule has 2 aromatic carbocycles.